The van der Waals surface area contributed by atoms with Crippen LogP contribution in [0.4, 0.5) is 0 Å². The highest BCUT2D eigenvalue weighted by Crippen LogP contribution is 2.44. The number of piperidine rings is 1. The van der Waals surface area contributed by atoms with Crippen molar-refractivity contribution in [2.24, 2.45) is 5.73 Å². The van der Waals surface area contributed by atoms with Gasteiger partial charge in [-0.1, -0.05) is 6.92 Å². The van der Waals surface area contributed by atoms with E-state index in [0.717, 1.165) is 49.4 Å². The molecule has 4 heteroatoms. The van der Waals surface area contributed by atoms with Gasteiger partial charge in [0.05, 0.1) is 7.11 Å². The predicted molar refractivity (Wildman–Crippen MR) is 83.9 cm³/mol. The van der Waals surface area contributed by atoms with Gasteiger partial charge in [0, 0.05) is 31.1 Å². The van der Waals surface area contributed by atoms with E-state index in [4.69, 9.17) is 15.2 Å². The van der Waals surface area contributed by atoms with Crippen molar-refractivity contribution in [1.82, 2.24) is 4.90 Å². The van der Waals surface area contributed by atoms with Crippen molar-refractivity contribution >= 4 is 0 Å². The molecule has 1 fully saturated rings. The Kier molecular flexibility index (Phi) is 4.09. The Labute approximate surface area is 127 Å². The van der Waals surface area contributed by atoms with Gasteiger partial charge in [0.2, 0.25) is 0 Å². The summed E-state index contributed by atoms with van der Waals surface area (Å²) in [4.78, 5) is 2.53. The van der Waals surface area contributed by atoms with E-state index in [0.29, 0.717) is 0 Å². The van der Waals surface area contributed by atoms with E-state index in [1.807, 2.05) is 18.2 Å². The zero-order valence-electron chi connectivity index (χ0n) is 13.1. The number of hydrogen-bond acceptors (Lipinski definition) is 4. The average Bonchev–Trinajstić information content (AvgIpc) is 2.50. The minimum absolute atomic E-state index is 0.0431. The van der Waals surface area contributed by atoms with Crippen molar-refractivity contribution in [3.05, 3.63) is 23.8 Å². The molecule has 2 heterocycles. The SMILES string of the molecule is CCCN1CCC2(CC1)C[C@@H](N)c1cc(OC)ccc1O2. The number of methoxy groups -OCH3 is 1. The monoisotopic (exact) mass is 290 g/mol. The number of likely N-dealkylation sites (tertiary alicyclic amines) is 1. The summed E-state index contributed by atoms with van der Waals surface area (Å²) >= 11 is 0. The van der Waals surface area contributed by atoms with Crippen LogP contribution >= 0.6 is 0 Å². The highest BCUT2D eigenvalue weighted by atomic mass is 16.5. The van der Waals surface area contributed by atoms with E-state index in [1.54, 1.807) is 7.11 Å². The summed E-state index contributed by atoms with van der Waals surface area (Å²) in [5.41, 5.74) is 7.43. The molecule has 21 heavy (non-hydrogen) atoms. The Morgan fingerprint density at radius 3 is 2.81 bits per heavy atom. The van der Waals surface area contributed by atoms with Crippen molar-refractivity contribution in [2.75, 3.05) is 26.7 Å². The van der Waals surface area contributed by atoms with Crippen LogP contribution in [0, 0.1) is 0 Å². The average molecular weight is 290 g/mol. The fourth-order valence-electron chi connectivity index (χ4n) is 3.63. The molecule has 1 saturated heterocycles. The molecule has 0 aromatic heterocycles. The van der Waals surface area contributed by atoms with E-state index >= 15 is 0 Å². The lowest BCUT2D eigenvalue weighted by atomic mass is 9.81. The van der Waals surface area contributed by atoms with Gasteiger partial charge in [-0.25, -0.2) is 0 Å². The van der Waals surface area contributed by atoms with Gasteiger partial charge >= 0.3 is 0 Å². The fraction of sp³-hybridized carbons (Fsp3) is 0.647. The van der Waals surface area contributed by atoms with Crippen LogP contribution in [0.3, 0.4) is 0 Å². The first-order valence-corrected chi connectivity index (χ1v) is 8.01. The van der Waals surface area contributed by atoms with Crippen LogP contribution in [0.15, 0.2) is 18.2 Å². The van der Waals surface area contributed by atoms with Gasteiger partial charge in [0.1, 0.15) is 17.1 Å². The summed E-state index contributed by atoms with van der Waals surface area (Å²) in [6, 6.07) is 6.02. The van der Waals surface area contributed by atoms with Gasteiger partial charge in [0.15, 0.2) is 0 Å². The molecule has 1 spiro atoms. The molecule has 0 radical (unpaired) electrons. The number of nitrogens with two attached hydrogens (primary N) is 1. The maximum atomic E-state index is 6.42. The molecule has 0 bridgehead atoms. The number of benzene rings is 1. The molecule has 116 valence electrons. The number of hydrogen-bond donors (Lipinski definition) is 1. The maximum absolute atomic E-state index is 6.42. The predicted octanol–water partition coefficient (Wildman–Crippen LogP) is 2.72. The lowest BCUT2D eigenvalue weighted by molar-refractivity contribution is -0.0216. The van der Waals surface area contributed by atoms with E-state index in [1.165, 1.54) is 13.0 Å². The van der Waals surface area contributed by atoms with E-state index in [2.05, 4.69) is 11.8 Å². The van der Waals surface area contributed by atoms with Crippen LogP contribution < -0.4 is 15.2 Å². The Morgan fingerprint density at radius 1 is 1.38 bits per heavy atom. The molecule has 1 aromatic carbocycles. The normalized spacial score (nSPS) is 24.4. The van der Waals surface area contributed by atoms with Crippen LogP contribution in [0.25, 0.3) is 0 Å². The number of ether oxygens (including phenoxy) is 2. The zero-order valence-corrected chi connectivity index (χ0v) is 13.1. The second-order valence-corrected chi connectivity index (χ2v) is 6.34. The third-order valence-corrected chi connectivity index (χ3v) is 4.84. The maximum Gasteiger partial charge on any atom is 0.125 e. The Hall–Kier alpha value is -1.26. The smallest absolute Gasteiger partial charge is 0.125 e. The molecular weight excluding hydrogens is 264 g/mol. The van der Waals surface area contributed by atoms with Gasteiger partial charge in [-0.2, -0.15) is 0 Å². The molecule has 3 rings (SSSR count). The highest BCUT2D eigenvalue weighted by molar-refractivity contribution is 5.44. The second kappa shape index (κ2) is 5.85. The zero-order chi connectivity index (χ0) is 14.9. The van der Waals surface area contributed by atoms with Crippen LogP contribution in [0.2, 0.25) is 0 Å². The summed E-state index contributed by atoms with van der Waals surface area (Å²) in [5, 5.41) is 0. The molecule has 0 aliphatic carbocycles. The van der Waals surface area contributed by atoms with Crippen LogP contribution in [0.5, 0.6) is 11.5 Å². The largest absolute Gasteiger partial charge is 0.497 e. The summed E-state index contributed by atoms with van der Waals surface area (Å²) in [7, 11) is 1.68. The van der Waals surface area contributed by atoms with Gasteiger partial charge in [-0.3, -0.25) is 0 Å². The summed E-state index contributed by atoms with van der Waals surface area (Å²) in [6.07, 6.45) is 4.28. The lowest BCUT2D eigenvalue weighted by Gasteiger charge is -2.46. The quantitative estimate of drug-likeness (QED) is 0.930. The third-order valence-electron chi connectivity index (χ3n) is 4.84. The molecular formula is C17H26N2O2. The molecule has 0 amide bonds. The molecule has 2 aliphatic heterocycles. The van der Waals surface area contributed by atoms with E-state index < -0.39 is 0 Å². The third kappa shape index (κ3) is 2.87. The first-order valence-electron chi connectivity index (χ1n) is 8.01. The summed E-state index contributed by atoms with van der Waals surface area (Å²) < 4.78 is 11.7. The van der Waals surface area contributed by atoms with Crippen LogP contribution in [-0.2, 0) is 0 Å². The molecule has 1 aromatic rings. The molecule has 2 N–H and O–H groups in total. The molecule has 1 atom stereocenters. The molecule has 2 aliphatic rings. The first-order chi connectivity index (χ1) is 10.2. The summed E-state index contributed by atoms with van der Waals surface area (Å²) in [5.74, 6) is 1.79. The highest BCUT2D eigenvalue weighted by Gasteiger charge is 2.42. The van der Waals surface area contributed by atoms with Crippen molar-refractivity contribution in [1.29, 1.82) is 0 Å². The van der Waals surface area contributed by atoms with Gasteiger partial charge in [-0.15, -0.1) is 0 Å². The molecule has 0 unspecified atom stereocenters. The first kappa shape index (κ1) is 14.7. The molecule has 0 saturated carbocycles. The number of nitrogens with zero attached hydrogens (tertiary/aromatic N) is 1. The van der Waals surface area contributed by atoms with E-state index in [-0.39, 0.29) is 11.6 Å². The Balaban J connectivity index is 1.76. The Bertz CT molecular complexity index is 496. The standard InChI is InChI=1S/C17H26N2O2/c1-3-8-19-9-6-17(7-10-19)12-15(18)14-11-13(20-2)4-5-16(14)21-17/h4-5,11,15H,3,6-10,12,18H2,1-2H3/t15-/m1/s1. The van der Waals surface area contributed by atoms with Crippen LogP contribution in [0.1, 0.15) is 44.2 Å². The van der Waals surface area contributed by atoms with Crippen molar-refractivity contribution in [3.8, 4) is 11.5 Å². The fourth-order valence-corrected chi connectivity index (χ4v) is 3.63. The van der Waals surface area contributed by atoms with Crippen molar-refractivity contribution in [2.45, 2.75) is 44.2 Å². The van der Waals surface area contributed by atoms with Gasteiger partial charge in [-0.05, 0) is 44.0 Å². The number of rotatable bonds is 3. The van der Waals surface area contributed by atoms with Crippen molar-refractivity contribution in [3.63, 3.8) is 0 Å². The van der Waals surface area contributed by atoms with E-state index in [9.17, 15) is 0 Å². The van der Waals surface area contributed by atoms with Gasteiger partial charge in [0.25, 0.3) is 0 Å². The van der Waals surface area contributed by atoms with Crippen LogP contribution in [-0.4, -0.2) is 37.2 Å². The molecule has 4 nitrogen and oxygen atoms in total. The number of fused-ring (bicyclic) bond motifs is 1. The minimum Gasteiger partial charge on any atom is -0.497 e. The Morgan fingerprint density at radius 2 is 2.14 bits per heavy atom. The topological polar surface area (TPSA) is 47.7 Å². The lowest BCUT2D eigenvalue weighted by Crippen LogP contribution is -2.51. The minimum atomic E-state index is -0.0642. The summed E-state index contributed by atoms with van der Waals surface area (Å²) in [6.45, 7) is 5.66. The second-order valence-electron chi connectivity index (χ2n) is 6.34. The van der Waals surface area contributed by atoms with Gasteiger partial charge < -0.3 is 20.1 Å². The van der Waals surface area contributed by atoms with Crippen molar-refractivity contribution < 1.29 is 9.47 Å².